The third kappa shape index (κ3) is 3.31. The average Bonchev–Trinajstić information content (AvgIpc) is 2.68. The molecule has 1 saturated heterocycles. The number of rotatable bonds is 4. The molecule has 1 heterocycles. The lowest BCUT2D eigenvalue weighted by atomic mass is 10.2. The van der Waals surface area contributed by atoms with Gasteiger partial charge in [0, 0.05) is 6.04 Å². The minimum Gasteiger partial charge on any atom is -0.495 e. The molecule has 0 aliphatic carbocycles. The first-order chi connectivity index (χ1) is 9.23. The fraction of sp³-hybridized carbons (Fsp3) is 0.500. The van der Waals surface area contributed by atoms with E-state index in [9.17, 15) is 16.8 Å². The summed E-state index contributed by atoms with van der Waals surface area (Å²) in [6.45, 7) is 1.78. The van der Waals surface area contributed by atoms with E-state index in [1.165, 1.54) is 13.2 Å². The van der Waals surface area contributed by atoms with E-state index in [0.29, 0.717) is 6.42 Å². The number of nitrogens with one attached hydrogen (secondary N) is 1. The van der Waals surface area contributed by atoms with Gasteiger partial charge in [-0.05, 0) is 31.0 Å². The van der Waals surface area contributed by atoms with Crippen LogP contribution in [0.2, 0.25) is 0 Å². The van der Waals surface area contributed by atoms with E-state index in [1.807, 2.05) is 0 Å². The number of sulfonamides is 1. The summed E-state index contributed by atoms with van der Waals surface area (Å²) in [4.78, 5) is 0.0318. The molecule has 2 rings (SSSR count). The molecule has 0 spiro atoms. The maximum absolute atomic E-state index is 12.3. The van der Waals surface area contributed by atoms with Crippen molar-refractivity contribution in [1.82, 2.24) is 4.72 Å². The molecule has 6 nitrogen and oxygen atoms in total. The zero-order valence-corrected chi connectivity index (χ0v) is 12.9. The van der Waals surface area contributed by atoms with Crippen LogP contribution in [0.15, 0.2) is 23.1 Å². The third-order valence-corrected chi connectivity index (χ3v) is 6.47. The summed E-state index contributed by atoms with van der Waals surface area (Å²) in [6, 6.07) is 4.26. The molecule has 1 aromatic carbocycles. The molecule has 0 bridgehead atoms. The molecule has 0 radical (unpaired) electrons. The second-order valence-electron chi connectivity index (χ2n) is 4.88. The van der Waals surface area contributed by atoms with E-state index < -0.39 is 25.9 Å². The van der Waals surface area contributed by atoms with Crippen molar-refractivity contribution < 1.29 is 21.6 Å². The highest BCUT2D eigenvalue weighted by Crippen LogP contribution is 2.25. The first-order valence-electron chi connectivity index (χ1n) is 6.11. The number of benzene rings is 1. The predicted octanol–water partition coefficient (Wildman–Crippen LogP) is 0.469. The second kappa shape index (κ2) is 5.34. The molecule has 0 amide bonds. The highest BCUT2D eigenvalue weighted by molar-refractivity contribution is 7.92. The van der Waals surface area contributed by atoms with Crippen molar-refractivity contribution in [3.8, 4) is 5.75 Å². The smallest absolute Gasteiger partial charge is 0.244 e. The van der Waals surface area contributed by atoms with Crippen molar-refractivity contribution in [2.45, 2.75) is 24.3 Å². The van der Waals surface area contributed by atoms with Gasteiger partial charge in [-0.1, -0.05) is 6.07 Å². The maximum atomic E-state index is 12.3. The topological polar surface area (TPSA) is 89.5 Å². The Bertz CT molecular complexity index is 709. The van der Waals surface area contributed by atoms with Crippen LogP contribution in [0.5, 0.6) is 5.75 Å². The Labute approximate surface area is 119 Å². The van der Waals surface area contributed by atoms with E-state index >= 15 is 0 Å². The predicted molar refractivity (Wildman–Crippen MR) is 75.1 cm³/mol. The highest BCUT2D eigenvalue weighted by atomic mass is 32.2. The zero-order valence-electron chi connectivity index (χ0n) is 11.3. The molecule has 1 aromatic rings. The second-order valence-corrected chi connectivity index (χ2v) is 8.79. The van der Waals surface area contributed by atoms with Crippen molar-refractivity contribution in [2.75, 3.05) is 18.6 Å². The Morgan fingerprint density at radius 3 is 2.60 bits per heavy atom. The van der Waals surface area contributed by atoms with Crippen LogP contribution in [0.25, 0.3) is 0 Å². The number of hydrogen-bond acceptors (Lipinski definition) is 5. The van der Waals surface area contributed by atoms with Crippen LogP contribution in [-0.4, -0.2) is 41.5 Å². The van der Waals surface area contributed by atoms with E-state index in [0.717, 1.165) is 5.56 Å². The van der Waals surface area contributed by atoms with Crippen LogP contribution >= 0.6 is 0 Å². The SMILES string of the molecule is COc1ccc(C)cc1S(=O)(=O)N[C@@H]1CCS(=O)(=O)C1. The zero-order chi connectivity index (χ0) is 15.0. The van der Waals surface area contributed by atoms with Gasteiger partial charge in [-0.25, -0.2) is 21.6 Å². The molecule has 1 aliphatic rings. The summed E-state index contributed by atoms with van der Waals surface area (Å²) in [5.74, 6) is 0.106. The summed E-state index contributed by atoms with van der Waals surface area (Å²) in [7, 11) is -5.54. The lowest BCUT2D eigenvalue weighted by Gasteiger charge is -2.14. The third-order valence-electron chi connectivity index (χ3n) is 3.16. The molecule has 112 valence electrons. The lowest BCUT2D eigenvalue weighted by molar-refractivity contribution is 0.402. The van der Waals surface area contributed by atoms with Gasteiger partial charge in [-0.3, -0.25) is 0 Å². The minimum absolute atomic E-state index is 0.0190. The Hall–Kier alpha value is -1.12. The molecule has 0 aromatic heterocycles. The van der Waals surface area contributed by atoms with Gasteiger partial charge in [0.25, 0.3) is 0 Å². The molecule has 1 atom stereocenters. The maximum Gasteiger partial charge on any atom is 0.244 e. The monoisotopic (exact) mass is 319 g/mol. The fourth-order valence-corrected chi connectivity index (χ4v) is 5.47. The van der Waals surface area contributed by atoms with Crippen molar-refractivity contribution >= 4 is 19.9 Å². The van der Waals surface area contributed by atoms with E-state index in [1.54, 1.807) is 19.1 Å². The standard InChI is InChI=1S/C12H17NO5S2/c1-9-3-4-11(18-2)12(7-9)20(16,17)13-10-5-6-19(14,15)8-10/h3-4,7,10,13H,5-6,8H2,1-2H3/t10-/m1/s1. The van der Waals surface area contributed by atoms with Crippen molar-refractivity contribution in [1.29, 1.82) is 0 Å². The molecule has 0 saturated carbocycles. The summed E-state index contributed by atoms with van der Waals surface area (Å²) in [5.41, 5.74) is 0.783. The quantitative estimate of drug-likeness (QED) is 0.871. The van der Waals surface area contributed by atoms with Crippen LogP contribution in [0, 0.1) is 6.92 Å². The Kier molecular flexibility index (Phi) is 4.08. The van der Waals surface area contributed by atoms with Crippen LogP contribution in [-0.2, 0) is 19.9 Å². The normalized spacial score (nSPS) is 21.8. The van der Waals surface area contributed by atoms with Crippen LogP contribution in [0.1, 0.15) is 12.0 Å². The summed E-state index contributed by atoms with van der Waals surface area (Å²) in [5, 5.41) is 0. The Morgan fingerprint density at radius 1 is 1.35 bits per heavy atom. The van der Waals surface area contributed by atoms with Gasteiger partial charge in [0.2, 0.25) is 10.0 Å². The number of ether oxygens (including phenoxy) is 1. The minimum atomic E-state index is -3.80. The van der Waals surface area contributed by atoms with Gasteiger partial charge in [0.15, 0.2) is 9.84 Å². The molecule has 20 heavy (non-hydrogen) atoms. The van der Waals surface area contributed by atoms with Gasteiger partial charge >= 0.3 is 0 Å². The van der Waals surface area contributed by atoms with E-state index in [4.69, 9.17) is 4.74 Å². The first kappa shape index (κ1) is 15.3. The molecule has 1 aliphatic heterocycles. The largest absolute Gasteiger partial charge is 0.495 e. The van der Waals surface area contributed by atoms with E-state index in [-0.39, 0.29) is 22.2 Å². The molecular formula is C12H17NO5S2. The van der Waals surface area contributed by atoms with Crippen LogP contribution < -0.4 is 9.46 Å². The van der Waals surface area contributed by atoms with Crippen LogP contribution in [0.4, 0.5) is 0 Å². The Morgan fingerprint density at radius 2 is 2.05 bits per heavy atom. The van der Waals surface area contributed by atoms with Gasteiger partial charge in [0.05, 0.1) is 18.6 Å². The van der Waals surface area contributed by atoms with Gasteiger partial charge in [0.1, 0.15) is 10.6 Å². The lowest BCUT2D eigenvalue weighted by Crippen LogP contribution is -2.35. The number of sulfone groups is 1. The number of methoxy groups -OCH3 is 1. The number of hydrogen-bond donors (Lipinski definition) is 1. The molecular weight excluding hydrogens is 302 g/mol. The molecule has 1 fully saturated rings. The molecule has 1 N–H and O–H groups in total. The first-order valence-corrected chi connectivity index (χ1v) is 9.41. The fourth-order valence-electron chi connectivity index (χ4n) is 2.16. The summed E-state index contributed by atoms with van der Waals surface area (Å²) in [6.07, 6.45) is 0.301. The highest BCUT2D eigenvalue weighted by Gasteiger charge is 2.32. The molecule has 8 heteroatoms. The van der Waals surface area contributed by atoms with E-state index in [2.05, 4.69) is 4.72 Å². The number of aryl methyl sites for hydroxylation is 1. The average molecular weight is 319 g/mol. The van der Waals surface area contributed by atoms with Crippen molar-refractivity contribution in [3.63, 3.8) is 0 Å². The van der Waals surface area contributed by atoms with Crippen molar-refractivity contribution in [3.05, 3.63) is 23.8 Å². The Balaban J connectivity index is 2.29. The van der Waals surface area contributed by atoms with Crippen molar-refractivity contribution in [2.24, 2.45) is 0 Å². The van der Waals surface area contributed by atoms with Gasteiger partial charge in [-0.2, -0.15) is 0 Å². The van der Waals surface area contributed by atoms with Gasteiger partial charge in [-0.15, -0.1) is 0 Å². The summed E-state index contributed by atoms with van der Waals surface area (Å²) < 4.78 is 54.9. The van der Waals surface area contributed by atoms with Crippen LogP contribution in [0.3, 0.4) is 0 Å². The summed E-state index contributed by atoms with van der Waals surface area (Å²) >= 11 is 0. The van der Waals surface area contributed by atoms with Gasteiger partial charge < -0.3 is 4.74 Å². The molecule has 0 unspecified atom stereocenters.